The quantitative estimate of drug-likeness (QED) is 0.920. The zero-order valence-corrected chi connectivity index (χ0v) is 13.4. The molecule has 1 aromatic carbocycles. The Labute approximate surface area is 130 Å². The molecule has 1 N–H and O–H groups in total. The number of amides is 1. The lowest BCUT2D eigenvalue weighted by Gasteiger charge is -2.09. The minimum Gasteiger partial charge on any atom is -0.484 e. The van der Waals surface area contributed by atoms with E-state index in [9.17, 15) is 4.79 Å². The first-order chi connectivity index (χ1) is 10.4. The van der Waals surface area contributed by atoms with Crippen molar-refractivity contribution in [2.24, 2.45) is 0 Å². The molecule has 0 saturated carbocycles. The Balaban J connectivity index is 1.89. The molecule has 0 aliphatic rings. The van der Waals surface area contributed by atoms with E-state index in [1.165, 1.54) is 5.56 Å². The first-order valence-corrected chi connectivity index (χ1v) is 7.29. The molecular weight excluding hydrogens is 278 g/mol. The smallest absolute Gasteiger partial charge is 0.264 e. The average molecular weight is 299 g/mol. The molecule has 1 heterocycles. The van der Waals surface area contributed by atoms with E-state index in [4.69, 9.17) is 4.74 Å². The third-order valence-corrected chi connectivity index (χ3v) is 3.15. The lowest BCUT2D eigenvalue weighted by atomic mass is 10.0. The number of ether oxygens (including phenoxy) is 1. The topological polar surface area (TPSA) is 64.1 Å². The van der Waals surface area contributed by atoms with Crippen LogP contribution in [0.2, 0.25) is 0 Å². The van der Waals surface area contributed by atoms with Gasteiger partial charge < -0.3 is 4.74 Å². The summed E-state index contributed by atoms with van der Waals surface area (Å²) in [5, 5.41) is 2.64. The summed E-state index contributed by atoms with van der Waals surface area (Å²) >= 11 is 0. The van der Waals surface area contributed by atoms with Gasteiger partial charge in [0, 0.05) is 11.4 Å². The Kier molecular flexibility index (Phi) is 5.09. The molecule has 116 valence electrons. The van der Waals surface area contributed by atoms with Crippen LogP contribution in [0.1, 0.15) is 36.7 Å². The second kappa shape index (κ2) is 7.02. The summed E-state index contributed by atoms with van der Waals surface area (Å²) in [4.78, 5) is 20.2. The fourth-order valence-corrected chi connectivity index (χ4v) is 2.04. The van der Waals surface area contributed by atoms with Crippen LogP contribution in [0.3, 0.4) is 0 Å². The van der Waals surface area contributed by atoms with Crippen LogP contribution in [0.5, 0.6) is 5.75 Å². The highest BCUT2D eigenvalue weighted by Gasteiger charge is 2.07. The third-order valence-electron chi connectivity index (χ3n) is 3.15. The molecule has 22 heavy (non-hydrogen) atoms. The molecule has 1 amide bonds. The van der Waals surface area contributed by atoms with E-state index in [1.807, 2.05) is 44.2 Å². The largest absolute Gasteiger partial charge is 0.484 e. The first kappa shape index (κ1) is 15.9. The summed E-state index contributed by atoms with van der Waals surface area (Å²) in [6.07, 6.45) is 0. The van der Waals surface area contributed by atoms with E-state index >= 15 is 0 Å². The summed E-state index contributed by atoms with van der Waals surface area (Å²) in [5.41, 5.74) is 2.86. The Bertz CT molecular complexity index is 631. The van der Waals surface area contributed by atoms with Crippen LogP contribution in [-0.4, -0.2) is 22.5 Å². The van der Waals surface area contributed by atoms with Crippen molar-refractivity contribution in [1.29, 1.82) is 0 Å². The fourth-order valence-electron chi connectivity index (χ4n) is 2.04. The van der Waals surface area contributed by atoms with Gasteiger partial charge in [-0.05, 0) is 43.5 Å². The van der Waals surface area contributed by atoms with Crippen molar-refractivity contribution < 1.29 is 9.53 Å². The highest BCUT2D eigenvalue weighted by atomic mass is 16.5. The monoisotopic (exact) mass is 299 g/mol. The van der Waals surface area contributed by atoms with Gasteiger partial charge in [0.2, 0.25) is 5.95 Å². The van der Waals surface area contributed by atoms with E-state index in [0.717, 1.165) is 11.4 Å². The van der Waals surface area contributed by atoms with Crippen molar-refractivity contribution in [1.82, 2.24) is 9.97 Å². The van der Waals surface area contributed by atoms with Crippen LogP contribution in [0.25, 0.3) is 0 Å². The second-order valence-corrected chi connectivity index (χ2v) is 5.53. The van der Waals surface area contributed by atoms with E-state index in [0.29, 0.717) is 17.6 Å². The number of hydrogen-bond acceptors (Lipinski definition) is 4. The number of anilines is 1. The molecule has 5 nitrogen and oxygen atoms in total. The maximum atomic E-state index is 11.9. The molecular formula is C17H21N3O2. The van der Waals surface area contributed by atoms with Crippen molar-refractivity contribution in [3.63, 3.8) is 0 Å². The van der Waals surface area contributed by atoms with E-state index in [-0.39, 0.29) is 12.5 Å². The molecule has 5 heteroatoms. The summed E-state index contributed by atoms with van der Waals surface area (Å²) in [5.74, 6) is 1.17. The summed E-state index contributed by atoms with van der Waals surface area (Å²) in [6, 6.07) is 9.60. The van der Waals surface area contributed by atoms with Gasteiger partial charge in [0.1, 0.15) is 5.75 Å². The van der Waals surface area contributed by atoms with Gasteiger partial charge in [-0.1, -0.05) is 26.0 Å². The number of nitrogens with one attached hydrogen (secondary N) is 1. The van der Waals surface area contributed by atoms with E-state index in [1.54, 1.807) is 0 Å². The SMILES string of the molecule is Cc1cc(C)nc(NC(=O)COc2ccc(C(C)C)cc2)n1. The van der Waals surface area contributed by atoms with Crippen LogP contribution in [0.15, 0.2) is 30.3 Å². The van der Waals surface area contributed by atoms with Gasteiger partial charge in [-0.15, -0.1) is 0 Å². The predicted molar refractivity (Wildman–Crippen MR) is 86.2 cm³/mol. The van der Waals surface area contributed by atoms with Crippen LogP contribution in [0.4, 0.5) is 5.95 Å². The van der Waals surface area contributed by atoms with E-state index < -0.39 is 0 Å². The molecule has 0 aliphatic carbocycles. The van der Waals surface area contributed by atoms with Gasteiger partial charge in [-0.3, -0.25) is 10.1 Å². The van der Waals surface area contributed by atoms with Gasteiger partial charge >= 0.3 is 0 Å². The molecule has 0 unspecified atom stereocenters. The molecule has 0 fully saturated rings. The lowest BCUT2D eigenvalue weighted by molar-refractivity contribution is -0.118. The maximum absolute atomic E-state index is 11.9. The van der Waals surface area contributed by atoms with Gasteiger partial charge in [0.05, 0.1) is 0 Å². The number of nitrogens with zero attached hydrogens (tertiary/aromatic N) is 2. The van der Waals surface area contributed by atoms with Gasteiger partial charge in [-0.25, -0.2) is 9.97 Å². The van der Waals surface area contributed by atoms with Crippen LogP contribution in [-0.2, 0) is 4.79 Å². The zero-order chi connectivity index (χ0) is 16.1. The zero-order valence-electron chi connectivity index (χ0n) is 13.4. The molecule has 0 spiro atoms. The normalized spacial score (nSPS) is 10.6. The van der Waals surface area contributed by atoms with Crippen molar-refractivity contribution >= 4 is 11.9 Å². The summed E-state index contributed by atoms with van der Waals surface area (Å²) in [7, 11) is 0. The number of aryl methyl sites for hydroxylation is 2. The minimum atomic E-state index is -0.280. The Morgan fingerprint density at radius 2 is 1.73 bits per heavy atom. The highest BCUT2D eigenvalue weighted by Crippen LogP contribution is 2.18. The fraction of sp³-hybridized carbons (Fsp3) is 0.353. The Morgan fingerprint density at radius 1 is 1.14 bits per heavy atom. The molecule has 0 saturated heterocycles. The van der Waals surface area contributed by atoms with Crippen molar-refractivity contribution in [2.75, 3.05) is 11.9 Å². The number of carbonyl (C=O) groups is 1. The molecule has 0 radical (unpaired) electrons. The third kappa shape index (κ3) is 4.55. The molecule has 0 atom stereocenters. The van der Waals surface area contributed by atoms with Crippen molar-refractivity contribution in [2.45, 2.75) is 33.6 Å². The number of aromatic nitrogens is 2. The van der Waals surface area contributed by atoms with Crippen LogP contribution < -0.4 is 10.1 Å². The van der Waals surface area contributed by atoms with Crippen LogP contribution >= 0.6 is 0 Å². The molecule has 0 aliphatic heterocycles. The van der Waals surface area contributed by atoms with Gasteiger partial charge in [0.25, 0.3) is 5.91 Å². The molecule has 2 rings (SSSR count). The van der Waals surface area contributed by atoms with E-state index in [2.05, 4.69) is 29.1 Å². The number of benzene rings is 1. The van der Waals surface area contributed by atoms with Crippen molar-refractivity contribution in [3.05, 3.63) is 47.3 Å². The first-order valence-electron chi connectivity index (χ1n) is 7.29. The number of carbonyl (C=O) groups excluding carboxylic acids is 1. The molecule has 0 bridgehead atoms. The Hall–Kier alpha value is -2.43. The molecule has 1 aromatic heterocycles. The standard InChI is InChI=1S/C17H21N3O2/c1-11(2)14-5-7-15(8-6-14)22-10-16(21)20-17-18-12(3)9-13(4)19-17/h5-9,11H,10H2,1-4H3,(H,18,19,20,21). The predicted octanol–water partition coefficient (Wildman–Crippen LogP) is 3.23. The summed E-state index contributed by atoms with van der Waals surface area (Å²) in [6.45, 7) is 7.91. The summed E-state index contributed by atoms with van der Waals surface area (Å²) < 4.78 is 5.47. The second-order valence-electron chi connectivity index (χ2n) is 5.53. The maximum Gasteiger partial charge on any atom is 0.264 e. The lowest BCUT2D eigenvalue weighted by Crippen LogP contribution is -2.21. The number of hydrogen-bond donors (Lipinski definition) is 1. The van der Waals surface area contributed by atoms with Gasteiger partial charge in [0.15, 0.2) is 6.61 Å². The number of rotatable bonds is 5. The van der Waals surface area contributed by atoms with Crippen molar-refractivity contribution in [3.8, 4) is 5.75 Å². The minimum absolute atomic E-state index is 0.0720. The van der Waals surface area contributed by atoms with Gasteiger partial charge in [-0.2, -0.15) is 0 Å². The molecule has 2 aromatic rings. The average Bonchev–Trinajstić information content (AvgIpc) is 2.44. The van der Waals surface area contributed by atoms with Crippen LogP contribution in [0, 0.1) is 13.8 Å². The Morgan fingerprint density at radius 3 is 2.27 bits per heavy atom. The highest BCUT2D eigenvalue weighted by molar-refractivity contribution is 5.90.